The predicted octanol–water partition coefficient (Wildman–Crippen LogP) is 5.00. The van der Waals surface area contributed by atoms with Crippen molar-refractivity contribution in [3.63, 3.8) is 0 Å². The molecule has 172 valence electrons. The van der Waals surface area contributed by atoms with Gasteiger partial charge in [-0.2, -0.15) is 0 Å². The number of nitrogens with zero attached hydrogens (tertiary/aromatic N) is 2. The molecule has 0 bridgehead atoms. The van der Waals surface area contributed by atoms with Gasteiger partial charge in [0.2, 0.25) is 0 Å². The summed E-state index contributed by atoms with van der Waals surface area (Å²) in [6, 6.07) is 24.8. The lowest BCUT2D eigenvalue weighted by atomic mass is 9.89. The van der Waals surface area contributed by atoms with E-state index in [1.165, 1.54) is 9.21 Å². The highest BCUT2D eigenvalue weighted by Crippen LogP contribution is 2.32. The highest BCUT2D eigenvalue weighted by molar-refractivity contribution is 7.92. The molecule has 1 fully saturated rings. The van der Waals surface area contributed by atoms with Crippen molar-refractivity contribution in [1.29, 1.82) is 0 Å². The molecule has 1 amide bonds. The van der Waals surface area contributed by atoms with Crippen LogP contribution in [0.25, 0.3) is 0 Å². The van der Waals surface area contributed by atoms with E-state index in [4.69, 9.17) is 11.6 Å². The third-order valence-electron chi connectivity index (χ3n) is 6.03. The number of halogens is 1. The minimum Gasteiger partial charge on any atom is -0.465 e. The number of anilines is 1. The maximum atomic E-state index is 13.6. The van der Waals surface area contributed by atoms with Gasteiger partial charge >= 0.3 is 6.09 Å². The average Bonchev–Trinajstić information content (AvgIpc) is 3.22. The van der Waals surface area contributed by atoms with Crippen LogP contribution in [-0.4, -0.2) is 44.2 Å². The molecule has 6 nitrogen and oxygen atoms in total. The molecule has 1 heterocycles. The van der Waals surface area contributed by atoms with Crippen LogP contribution in [0, 0.1) is 11.8 Å². The van der Waals surface area contributed by atoms with Crippen molar-refractivity contribution in [2.24, 2.45) is 11.8 Å². The first-order valence-electron chi connectivity index (χ1n) is 10.7. The van der Waals surface area contributed by atoms with E-state index in [-0.39, 0.29) is 29.8 Å². The molecular formula is C25H25ClN2O4S. The summed E-state index contributed by atoms with van der Waals surface area (Å²) in [7, 11) is -3.86. The fraction of sp³-hybridized carbons (Fsp3) is 0.240. The Hall–Kier alpha value is -3.03. The van der Waals surface area contributed by atoms with Gasteiger partial charge in [0.05, 0.1) is 10.6 Å². The molecule has 3 aromatic rings. The van der Waals surface area contributed by atoms with Crippen molar-refractivity contribution < 1.29 is 18.3 Å². The molecule has 1 aliphatic heterocycles. The first-order chi connectivity index (χ1) is 15.8. The van der Waals surface area contributed by atoms with Crippen LogP contribution in [0.15, 0.2) is 89.8 Å². The second-order valence-electron chi connectivity index (χ2n) is 8.22. The van der Waals surface area contributed by atoms with Crippen molar-refractivity contribution >= 4 is 33.4 Å². The molecule has 4 rings (SSSR count). The van der Waals surface area contributed by atoms with Gasteiger partial charge in [0.25, 0.3) is 10.0 Å². The lowest BCUT2D eigenvalue weighted by Crippen LogP contribution is -2.38. The molecule has 0 unspecified atom stereocenters. The minimum absolute atomic E-state index is 0.00993. The summed E-state index contributed by atoms with van der Waals surface area (Å²) in [5.41, 5.74) is 1.60. The van der Waals surface area contributed by atoms with Crippen LogP contribution in [0.1, 0.15) is 5.56 Å². The summed E-state index contributed by atoms with van der Waals surface area (Å²) in [4.78, 5) is 13.3. The summed E-state index contributed by atoms with van der Waals surface area (Å²) in [6.07, 6.45) is -0.311. The monoisotopic (exact) mass is 484 g/mol. The number of hydrogen-bond donors (Lipinski definition) is 1. The number of carbonyl (C=O) groups is 1. The zero-order chi connectivity index (χ0) is 23.4. The van der Waals surface area contributed by atoms with Gasteiger partial charge in [0, 0.05) is 30.6 Å². The number of sulfonamides is 1. The molecule has 0 aromatic heterocycles. The zero-order valence-electron chi connectivity index (χ0n) is 17.9. The maximum Gasteiger partial charge on any atom is 0.407 e. The molecule has 0 aliphatic carbocycles. The molecule has 0 saturated carbocycles. The Balaban J connectivity index is 1.68. The predicted molar refractivity (Wildman–Crippen MR) is 129 cm³/mol. The summed E-state index contributed by atoms with van der Waals surface area (Å²) in [5.74, 6) is -0.181. The first kappa shape index (κ1) is 23.1. The molecule has 1 N–H and O–H groups in total. The normalized spacial score (nSPS) is 18.3. The molecule has 1 saturated heterocycles. The summed E-state index contributed by atoms with van der Waals surface area (Å²) in [5, 5.41) is 10.1. The quantitative estimate of drug-likeness (QED) is 0.511. The Bertz CT molecular complexity index is 1190. The van der Waals surface area contributed by atoms with Gasteiger partial charge < -0.3 is 10.0 Å². The number of carboxylic acid groups (broad SMARTS) is 1. The Kier molecular flexibility index (Phi) is 6.91. The number of likely N-dealkylation sites (tertiary alicyclic amines) is 1. The highest BCUT2D eigenvalue weighted by Gasteiger charge is 2.38. The fourth-order valence-electron chi connectivity index (χ4n) is 4.33. The van der Waals surface area contributed by atoms with Gasteiger partial charge in [-0.3, -0.25) is 4.31 Å². The molecule has 1 aliphatic rings. The second-order valence-corrected chi connectivity index (χ2v) is 10.5. The van der Waals surface area contributed by atoms with E-state index in [9.17, 15) is 18.3 Å². The van der Waals surface area contributed by atoms with Crippen molar-refractivity contribution in [2.45, 2.75) is 11.3 Å². The Morgan fingerprint density at radius 3 is 2.09 bits per heavy atom. The van der Waals surface area contributed by atoms with E-state index in [1.807, 2.05) is 30.3 Å². The van der Waals surface area contributed by atoms with E-state index in [0.29, 0.717) is 23.7 Å². The molecule has 33 heavy (non-hydrogen) atoms. The molecule has 8 heteroatoms. The third-order valence-corrected chi connectivity index (χ3v) is 8.09. The summed E-state index contributed by atoms with van der Waals surface area (Å²) in [6.45, 7) is 0.816. The average molecular weight is 485 g/mol. The smallest absolute Gasteiger partial charge is 0.407 e. The molecule has 3 aromatic carbocycles. The number of amides is 1. The van der Waals surface area contributed by atoms with Crippen LogP contribution >= 0.6 is 11.6 Å². The van der Waals surface area contributed by atoms with Gasteiger partial charge in [0.1, 0.15) is 0 Å². The highest BCUT2D eigenvalue weighted by atomic mass is 35.5. The van der Waals surface area contributed by atoms with Crippen LogP contribution < -0.4 is 4.31 Å². The van der Waals surface area contributed by atoms with Gasteiger partial charge in [0.15, 0.2) is 0 Å². The fourth-order valence-corrected chi connectivity index (χ4v) is 6.00. The zero-order valence-corrected chi connectivity index (χ0v) is 19.5. The van der Waals surface area contributed by atoms with Crippen LogP contribution in [-0.2, 0) is 16.4 Å². The van der Waals surface area contributed by atoms with Crippen LogP contribution in [0.5, 0.6) is 0 Å². The Morgan fingerprint density at radius 1 is 0.909 bits per heavy atom. The molecule has 2 atom stereocenters. The Morgan fingerprint density at radius 2 is 1.48 bits per heavy atom. The van der Waals surface area contributed by atoms with Gasteiger partial charge in [-0.25, -0.2) is 13.2 Å². The Labute approximate surface area is 199 Å². The van der Waals surface area contributed by atoms with E-state index in [2.05, 4.69) is 0 Å². The largest absolute Gasteiger partial charge is 0.465 e. The molecule has 0 spiro atoms. The van der Waals surface area contributed by atoms with Gasteiger partial charge in [-0.1, -0.05) is 60.1 Å². The topological polar surface area (TPSA) is 77.9 Å². The molecule has 0 radical (unpaired) electrons. The van der Waals surface area contributed by atoms with Crippen molar-refractivity contribution in [2.75, 3.05) is 23.9 Å². The second kappa shape index (κ2) is 9.85. The van der Waals surface area contributed by atoms with E-state index < -0.39 is 16.1 Å². The molecular weight excluding hydrogens is 460 g/mol. The van der Waals surface area contributed by atoms with Crippen molar-refractivity contribution in [3.05, 3.63) is 95.5 Å². The minimum atomic E-state index is -3.86. The van der Waals surface area contributed by atoms with E-state index in [0.717, 1.165) is 5.56 Å². The number of rotatable bonds is 7. The van der Waals surface area contributed by atoms with E-state index >= 15 is 0 Å². The standard InChI is InChI=1S/C25H25ClN2O4S/c26-22-11-13-23(14-12-22)28(33(31,32)24-9-5-2-6-10-24)18-21-17-27(25(29)30)16-20(21)15-19-7-3-1-4-8-19/h1-14,20-21H,15-18H2,(H,29,30)/t20-,21-/m1/s1. The van der Waals surface area contributed by atoms with Crippen LogP contribution in [0.4, 0.5) is 10.5 Å². The maximum absolute atomic E-state index is 13.6. The number of hydrogen-bond acceptors (Lipinski definition) is 3. The van der Waals surface area contributed by atoms with Crippen LogP contribution in [0.2, 0.25) is 5.02 Å². The number of benzene rings is 3. The first-order valence-corrected chi connectivity index (χ1v) is 12.5. The lowest BCUT2D eigenvalue weighted by Gasteiger charge is -2.29. The van der Waals surface area contributed by atoms with Crippen LogP contribution in [0.3, 0.4) is 0 Å². The van der Waals surface area contributed by atoms with Gasteiger partial charge in [-0.05, 0) is 54.3 Å². The SMILES string of the molecule is O=C(O)N1C[C@@H](Cc2ccccc2)[C@@H](CN(c2ccc(Cl)cc2)S(=O)(=O)c2ccccc2)C1. The van der Waals surface area contributed by atoms with Crippen molar-refractivity contribution in [1.82, 2.24) is 4.90 Å². The summed E-state index contributed by atoms with van der Waals surface area (Å²) >= 11 is 6.05. The third kappa shape index (κ3) is 5.31. The van der Waals surface area contributed by atoms with Crippen molar-refractivity contribution in [3.8, 4) is 0 Å². The lowest BCUT2D eigenvalue weighted by molar-refractivity contribution is 0.153. The summed E-state index contributed by atoms with van der Waals surface area (Å²) < 4.78 is 28.7. The van der Waals surface area contributed by atoms with Gasteiger partial charge in [-0.15, -0.1) is 0 Å². The van der Waals surface area contributed by atoms with E-state index in [1.54, 1.807) is 54.6 Å².